The van der Waals surface area contributed by atoms with Crippen molar-refractivity contribution in [3.05, 3.63) is 65.2 Å². The van der Waals surface area contributed by atoms with Crippen molar-refractivity contribution in [1.29, 1.82) is 0 Å². The maximum Gasteiger partial charge on any atom is 0.0406 e. The van der Waals surface area contributed by atoms with E-state index in [1.165, 1.54) is 10.5 Å². The van der Waals surface area contributed by atoms with E-state index >= 15 is 0 Å². The lowest BCUT2D eigenvalue weighted by Gasteiger charge is -2.15. The van der Waals surface area contributed by atoms with Crippen molar-refractivity contribution >= 4 is 23.4 Å². The number of benzene rings is 2. The number of rotatable bonds is 4. The van der Waals surface area contributed by atoms with Gasteiger partial charge in [0.05, 0.1) is 0 Å². The third-order valence-corrected chi connectivity index (χ3v) is 4.32. The molecule has 17 heavy (non-hydrogen) atoms. The molecule has 0 amide bonds. The van der Waals surface area contributed by atoms with Crippen molar-refractivity contribution in [2.24, 2.45) is 0 Å². The van der Waals surface area contributed by atoms with Crippen molar-refractivity contribution in [3.63, 3.8) is 0 Å². The predicted octanol–water partition coefficient (Wildman–Crippen LogP) is 5.58. The van der Waals surface area contributed by atoms with Gasteiger partial charge in [-0.1, -0.05) is 48.9 Å². The van der Waals surface area contributed by atoms with Crippen molar-refractivity contribution in [3.8, 4) is 0 Å². The van der Waals surface area contributed by atoms with E-state index in [2.05, 4.69) is 43.3 Å². The molecule has 0 aliphatic rings. The molecule has 2 rings (SSSR count). The third-order valence-electron chi connectivity index (χ3n) is 2.63. The van der Waals surface area contributed by atoms with Crippen LogP contribution in [0.2, 0.25) is 5.02 Å². The summed E-state index contributed by atoms with van der Waals surface area (Å²) < 4.78 is 0. The number of hydrogen-bond donors (Lipinski definition) is 0. The first-order chi connectivity index (χ1) is 8.29. The normalized spacial score (nSPS) is 12.4. The van der Waals surface area contributed by atoms with E-state index in [-0.39, 0.29) is 0 Å². The molecule has 0 bridgehead atoms. The summed E-state index contributed by atoms with van der Waals surface area (Å²) in [4.78, 5) is 1.31. The van der Waals surface area contributed by atoms with Crippen LogP contribution in [-0.4, -0.2) is 0 Å². The molecular weight excluding hydrogens is 248 g/mol. The van der Waals surface area contributed by atoms with Crippen LogP contribution < -0.4 is 0 Å². The van der Waals surface area contributed by atoms with Crippen LogP contribution in [0.4, 0.5) is 0 Å². The maximum atomic E-state index is 5.91. The first kappa shape index (κ1) is 12.5. The van der Waals surface area contributed by atoms with Gasteiger partial charge in [-0.25, -0.2) is 0 Å². The lowest BCUT2D eigenvalue weighted by atomic mass is 10.1. The van der Waals surface area contributed by atoms with Gasteiger partial charge >= 0.3 is 0 Å². The minimum atomic E-state index is 0.495. The summed E-state index contributed by atoms with van der Waals surface area (Å²) in [5.41, 5.74) is 1.34. The molecule has 2 heteroatoms. The second-order valence-electron chi connectivity index (χ2n) is 3.88. The van der Waals surface area contributed by atoms with E-state index in [1.54, 1.807) is 0 Å². The average molecular weight is 263 g/mol. The molecule has 0 aliphatic heterocycles. The second-order valence-corrected chi connectivity index (χ2v) is 5.59. The van der Waals surface area contributed by atoms with Gasteiger partial charge in [-0.15, -0.1) is 11.8 Å². The van der Waals surface area contributed by atoms with E-state index in [9.17, 15) is 0 Å². The Morgan fingerprint density at radius 3 is 2.24 bits per heavy atom. The molecule has 0 spiro atoms. The Kier molecular flexibility index (Phi) is 4.52. The van der Waals surface area contributed by atoms with Crippen LogP contribution in [0.25, 0.3) is 0 Å². The zero-order valence-electron chi connectivity index (χ0n) is 9.77. The van der Waals surface area contributed by atoms with Crippen LogP contribution in [0.1, 0.15) is 24.2 Å². The molecular formula is C15H15ClS. The fourth-order valence-electron chi connectivity index (χ4n) is 1.73. The Balaban J connectivity index is 2.14. The summed E-state index contributed by atoms with van der Waals surface area (Å²) >= 11 is 7.82. The quantitative estimate of drug-likeness (QED) is 0.648. The lowest BCUT2D eigenvalue weighted by Crippen LogP contribution is -1.91. The first-order valence-corrected chi connectivity index (χ1v) is 7.02. The predicted molar refractivity (Wildman–Crippen MR) is 76.8 cm³/mol. The Labute approximate surface area is 112 Å². The molecule has 0 saturated heterocycles. The summed E-state index contributed by atoms with van der Waals surface area (Å²) in [7, 11) is 0. The van der Waals surface area contributed by atoms with Gasteiger partial charge in [-0.2, -0.15) is 0 Å². The summed E-state index contributed by atoms with van der Waals surface area (Å²) in [5.74, 6) is 0. The van der Waals surface area contributed by atoms with Gasteiger partial charge in [-0.3, -0.25) is 0 Å². The van der Waals surface area contributed by atoms with Crippen LogP contribution in [0.5, 0.6) is 0 Å². The molecule has 88 valence electrons. The summed E-state index contributed by atoms with van der Waals surface area (Å²) in [6.07, 6.45) is 1.11. The Morgan fingerprint density at radius 1 is 1.00 bits per heavy atom. The van der Waals surface area contributed by atoms with E-state index < -0.39 is 0 Å². The molecule has 0 N–H and O–H groups in total. The third kappa shape index (κ3) is 3.52. The molecule has 0 radical (unpaired) electrons. The topological polar surface area (TPSA) is 0 Å². The standard InChI is InChI=1S/C15H15ClS/c1-2-15(12-8-10-13(16)11-9-12)17-14-6-4-3-5-7-14/h3-11,15H,2H2,1H3/t15-/m1/s1. The van der Waals surface area contributed by atoms with Crippen LogP contribution in [-0.2, 0) is 0 Å². The maximum absolute atomic E-state index is 5.91. The Morgan fingerprint density at radius 2 is 1.65 bits per heavy atom. The SMILES string of the molecule is CC[C@@H](Sc1ccccc1)c1ccc(Cl)cc1. The smallest absolute Gasteiger partial charge is 0.0406 e. The van der Waals surface area contributed by atoms with Crippen LogP contribution in [0.3, 0.4) is 0 Å². The molecule has 2 aromatic rings. The average Bonchev–Trinajstić information content (AvgIpc) is 2.38. The van der Waals surface area contributed by atoms with E-state index in [1.807, 2.05) is 30.0 Å². The zero-order chi connectivity index (χ0) is 12.1. The molecule has 0 aromatic heterocycles. The van der Waals surface area contributed by atoms with Gasteiger partial charge in [0.25, 0.3) is 0 Å². The minimum absolute atomic E-state index is 0.495. The molecule has 0 heterocycles. The Bertz CT molecular complexity index is 450. The minimum Gasteiger partial charge on any atom is -0.118 e. The molecule has 0 unspecified atom stereocenters. The highest BCUT2D eigenvalue weighted by Gasteiger charge is 2.10. The van der Waals surface area contributed by atoms with E-state index in [0.717, 1.165) is 11.4 Å². The fraction of sp³-hybridized carbons (Fsp3) is 0.200. The number of thioether (sulfide) groups is 1. The van der Waals surface area contributed by atoms with Crippen molar-refractivity contribution in [2.75, 3.05) is 0 Å². The highest BCUT2D eigenvalue weighted by Crippen LogP contribution is 2.37. The lowest BCUT2D eigenvalue weighted by molar-refractivity contribution is 0.895. The van der Waals surface area contributed by atoms with E-state index in [0.29, 0.717) is 5.25 Å². The highest BCUT2D eigenvalue weighted by atomic mass is 35.5. The second kappa shape index (κ2) is 6.13. The first-order valence-electron chi connectivity index (χ1n) is 5.76. The monoisotopic (exact) mass is 262 g/mol. The van der Waals surface area contributed by atoms with Crippen LogP contribution in [0, 0.1) is 0 Å². The van der Waals surface area contributed by atoms with Gasteiger partial charge in [0, 0.05) is 15.2 Å². The van der Waals surface area contributed by atoms with Crippen molar-refractivity contribution in [1.82, 2.24) is 0 Å². The summed E-state index contributed by atoms with van der Waals surface area (Å²) in [5, 5.41) is 1.29. The number of hydrogen-bond acceptors (Lipinski definition) is 1. The van der Waals surface area contributed by atoms with Gasteiger partial charge in [-0.05, 0) is 36.2 Å². The van der Waals surface area contributed by atoms with Crippen molar-refractivity contribution in [2.45, 2.75) is 23.5 Å². The molecule has 0 nitrogen and oxygen atoms in total. The Hall–Kier alpha value is -0.920. The molecule has 0 aliphatic carbocycles. The largest absolute Gasteiger partial charge is 0.118 e. The summed E-state index contributed by atoms with van der Waals surface area (Å²) in [6.45, 7) is 2.22. The van der Waals surface area contributed by atoms with Gasteiger partial charge < -0.3 is 0 Å². The number of halogens is 1. The van der Waals surface area contributed by atoms with Crippen molar-refractivity contribution < 1.29 is 0 Å². The summed E-state index contributed by atoms with van der Waals surface area (Å²) in [6, 6.07) is 18.7. The van der Waals surface area contributed by atoms with Gasteiger partial charge in [0.2, 0.25) is 0 Å². The zero-order valence-corrected chi connectivity index (χ0v) is 11.3. The highest BCUT2D eigenvalue weighted by molar-refractivity contribution is 7.99. The van der Waals surface area contributed by atoms with Crippen LogP contribution >= 0.6 is 23.4 Å². The van der Waals surface area contributed by atoms with Gasteiger partial charge in [0.15, 0.2) is 0 Å². The molecule has 0 saturated carbocycles. The van der Waals surface area contributed by atoms with E-state index in [4.69, 9.17) is 11.6 Å². The molecule has 2 aromatic carbocycles. The van der Waals surface area contributed by atoms with Gasteiger partial charge in [0.1, 0.15) is 0 Å². The molecule has 1 atom stereocenters. The van der Waals surface area contributed by atoms with Crippen LogP contribution in [0.15, 0.2) is 59.5 Å². The fourth-order valence-corrected chi connectivity index (χ4v) is 2.96. The molecule has 0 fully saturated rings.